The zero-order valence-electron chi connectivity index (χ0n) is 24.8. The van der Waals surface area contributed by atoms with Crippen molar-refractivity contribution in [2.75, 3.05) is 32.8 Å². The van der Waals surface area contributed by atoms with E-state index in [0.717, 1.165) is 51.7 Å². The number of carbonyl (C=O) groups is 2. The van der Waals surface area contributed by atoms with Crippen molar-refractivity contribution in [2.24, 2.45) is 23.7 Å². The fourth-order valence-electron chi connectivity index (χ4n) is 7.25. The first-order valence-electron chi connectivity index (χ1n) is 15.6. The Morgan fingerprint density at radius 1 is 1.07 bits per heavy atom. The summed E-state index contributed by atoms with van der Waals surface area (Å²) in [7, 11) is 0. The Kier molecular flexibility index (Phi) is 10.1. The summed E-state index contributed by atoms with van der Waals surface area (Å²) >= 11 is 0. The average Bonchev–Trinajstić information content (AvgIpc) is 3.76. The highest BCUT2D eigenvalue weighted by atomic mass is 16.6. The molecule has 43 heavy (non-hydrogen) atoms. The minimum absolute atomic E-state index is 0.0260. The summed E-state index contributed by atoms with van der Waals surface area (Å²) < 4.78 is 5.66. The Bertz CT molecular complexity index is 1260. The number of carbonyl (C=O) groups excluding carboxylic acids is 1. The third-order valence-corrected chi connectivity index (χ3v) is 9.68. The molecule has 2 unspecified atom stereocenters. The van der Waals surface area contributed by atoms with Crippen molar-refractivity contribution >= 4 is 17.6 Å². The predicted octanol–water partition coefficient (Wildman–Crippen LogP) is 5.76. The number of piperidine rings is 1. The van der Waals surface area contributed by atoms with Gasteiger partial charge < -0.3 is 19.6 Å². The number of hydrogen-bond donors (Lipinski definition) is 1. The van der Waals surface area contributed by atoms with Crippen molar-refractivity contribution in [3.8, 4) is 5.75 Å². The van der Waals surface area contributed by atoms with Gasteiger partial charge in [-0.2, -0.15) is 0 Å². The maximum absolute atomic E-state index is 13.2. The molecular formula is C34H43N3O6. The van der Waals surface area contributed by atoms with Crippen LogP contribution in [0.5, 0.6) is 5.75 Å². The second kappa shape index (κ2) is 14.2. The molecule has 9 nitrogen and oxygen atoms in total. The van der Waals surface area contributed by atoms with E-state index in [1.807, 2.05) is 11.0 Å². The molecule has 230 valence electrons. The van der Waals surface area contributed by atoms with Gasteiger partial charge in [0.2, 0.25) is 0 Å². The maximum atomic E-state index is 13.2. The highest BCUT2D eigenvalue weighted by molar-refractivity contribution is 5.78. The number of nitrogens with zero attached hydrogens (tertiary/aromatic N) is 3. The first-order chi connectivity index (χ1) is 20.8. The molecule has 1 amide bonds. The molecule has 0 bridgehead atoms. The topological polar surface area (TPSA) is 113 Å². The number of aliphatic carboxylic acids is 1. The molecule has 2 aliphatic carbocycles. The molecule has 9 heteroatoms. The molecule has 0 spiro atoms. The molecule has 4 atom stereocenters. The summed E-state index contributed by atoms with van der Waals surface area (Å²) in [5, 5.41) is 21.0. The molecule has 2 aromatic carbocycles. The van der Waals surface area contributed by atoms with E-state index in [9.17, 15) is 24.8 Å². The van der Waals surface area contributed by atoms with E-state index in [1.165, 1.54) is 42.7 Å². The van der Waals surface area contributed by atoms with Crippen LogP contribution >= 0.6 is 0 Å². The average molecular weight is 590 g/mol. The van der Waals surface area contributed by atoms with Crippen LogP contribution in [0.4, 0.5) is 5.69 Å². The molecule has 1 saturated heterocycles. The van der Waals surface area contributed by atoms with E-state index in [0.29, 0.717) is 30.0 Å². The molecule has 0 radical (unpaired) electrons. The minimum Gasteiger partial charge on any atom is -0.484 e. The van der Waals surface area contributed by atoms with Crippen molar-refractivity contribution in [1.29, 1.82) is 0 Å². The van der Waals surface area contributed by atoms with E-state index in [1.54, 1.807) is 6.08 Å². The number of likely N-dealkylation sites (tertiary alicyclic amines) is 1. The summed E-state index contributed by atoms with van der Waals surface area (Å²) in [5.41, 5.74) is 1.29. The summed E-state index contributed by atoms with van der Waals surface area (Å²) in [6, 6.07) is 16.4. The van der Waals surface area contributed by atoms with Gasteiger partial charge in [-0.1, -0.05) is 49.2 Å². The summed E-state index contributed by atoms with van der Waals surface area (Å²) in [6.07, 6.45) is 8.48. The van der Waals surface area contributed by atoms with Gasteiger partial charge in [0.05, 0.1) is 10.8 Å². The first kappa shape index (κ1) is 30.7. The Labute approximate surface area is 253 Å². The van der Waals surface area contributed by atoms with Gasteiger partial charge >= 0.3 is 5.97 Å². The van der Waals surface area contributed by atoms with Crippen LogP contribution in [-0.2, 0) is 9.59 Å². The quantitative estimate of drug-likeness (QED) is 0.169. The monoisotopic (exact) mass is 589 g/mol. The fourth-order valence-corrected chi connectivity index (χ4v) is 7.25. The predicted molar refractivity (Wildman–Crippen MR) is 164 cm³/mol. The van der Waals surface area contributed by atoms with Gasteiger partial charge in [-0.3, -0.25) is 19.7 Å². The number of amides is 1. The molecule has 1 N–H and O–H groups in total. The van der Waals surface area contributed by atoms with Crippen molar-refractivity contribution < 1.29 is 24.4 Å². The second-order valence-electron chi connectivity index (χ2n) is 12.5. The third-order valence-electron chi connectivity index (χ3n) is 9.68. The molecular weight excluding hydrogens is 546 g/mol. The van der Waals surface area contributed by atoms with Gasteiger partial charge in [0.15, 0.2) is 6.61 Å². The summed E-state index contributed by atoms with van der Waals surface area (Å²) in [5.74, 6) is 0.979. The van der Waals surface area contributed by atoms with Crippen molar-refractivity contribution in [1.82, 2.24) is 9.80 Å². The highest BCUT2D eigenvalue weighted by Crippen LogP contribution is 2.49. The highest BCUT2D eigenvalue weighted by Gasteiger charge is 2.43. The molecule has 1 heterocycles. The van der Waals surface area contributed by atoms with Crippen molar-refractivity contribution in [3.63, 3.8) is 0 Å². The molecule has 3 fully saturated rings. The number of carboxylic acid groups (broad SMARTS) is 1. The van der Waals surface area contributed by atoms with Crippen LogP contribution in [0.15, 0.2) is 67.3 Å². The van der Waals surface area contributed by atoms with Crippen LogP contribution in [0.2, 0.25) is 0 Å². The summed E-state index contributed by atoms with van der Waals surface area (Å²) in [6.45, 7) is 6.84. The number of rotatable bonds is 14. The van der Waals surface area contributed by atoms with Gasteiger partial charge in [0.25, 0.3) is 11.6 Å². The molecule has 5 rings (SSSR count). The van der Waals surface area contributed by atoms with E-state index in [2.05, 4.69) is 35.7 Å². The Morgan fingerprint density at radius 2 is 1.77 bits per heavy atom. The lowest BCUT2D eigenvalue weighted by Crippen LogP contribution is -2.49. The van der Waals surface area contributed by atoms with Crippen LogP contribution in [0.3, 0.4) is 0 Å². The second-order valence-corrected chi connectivity index (χ2v) is 12.5. The van der Waals surface area contributed by atoms with E-state index in [4.69, 9.17) is 4.74 Å². The van der Waals surface area contributed by atoms with E-state index < -0.39 is 10.9 Å². The van der Waals surface area contributed by atoms with Gasteiger partial charge in [0, 0.05) is 44.4 Å². The van der Waals surface area contributed by atoms with Crippen LogP contribution in [0, 0.1) is 33.8 Å². The Hall–Kier alpha value is -3.72. The summed E-state index contributed by atoms with van der Waals surface area (Å²) in [4.78, 5) is 40.2. The third kappa shape index (κ3) is 8.02. The number of benzene rings is 2. The van der Waals surface area contributed by atoms with Crippen LogP contribution in [-0.4, -0.2) is 70.5 Å². The van der Waals surface area contributed by atoms with Crippen LogP contribution in [0.1, 0.15) is 56.4 Å². The zero-order chi connectivity index (χ0) is 30.3. The number of carboxylic acids is 1. The lowest BCUT2D eigenvalue weighted by molar-refractivity contribution is -0.384. The smallest absolute Gasteiger partial charge is 0.306 e. The number of nitro benzene ring substituents is 1. The molecule has 3 aliphatic rings. The standard InChI is InChI=1S/C34H43N3O6/c1-2-16-36(33(38)23-43-30-12-10-29(11-13-30)37(41)42)28-14-17-35(18-15-28)22-27-20-26(32(34(39)40)19-24-8-9-24)21-31(27)25-6-4-3-5-7-25/h2-7,10-13,24,26-28,31-32H,1,8-9,14-23H2,(H,39,40)/t26?,27-,31-,32?/m1/s1. The van der Waals surface area contributed by atoms with Gasteiger partial charge in [-0.05, 0) is 73.5 Å². The fraction of sp³-hybridized carbons (Fsp3) is 0.529. The van der Waals surface area contributed by atoms with Gasteiger partial charge in [0.1, 0.15) is 5.75 Å². The first-order valence-corrected chi connectivity index (χ1v) is 15.6. The van der Waals surface area contributed by atoms with Crippen LogP contribution in [0.25, 0.3) is 0 Å². The van der Waals surface area contributed by atoms with E-state index in [-0.39, 0.29) is 36.1 Å². The van der Waals surface area contributed by atoms with Gasteiger partial charge in [-0.15, -0.1) is 6.58 Å². The normalized spacial score (nSPS) is 23.4. The zero-order valence-corrected chi connectivity index (χ0v) is 24.8. The molecule has 2 saturated carbocycles. The molecule has 0 aromatic heterocycles. The SMILES string of the molecule is C=CCN(C(=O)COc1ccc([N+](=O)[O-])cc1)C1CCN(C[C@H]2CC(C(CC3CC3)C(=O)O)C[C@@H]2c2ccccc2)CC1. The number of nitro groups is 1. The number of non-ortho nitro benzene ring substituents is 1. The molecule has 2 aromatic rings. The van der Waals surface area contributed by atoms with E-state index >= 15 is 0 Å². The Morgan fingerprint density at radius 3 is 2.37 bits per heavy atom. The number of hydrogen-bond acceptors (Lipinski definition) is 6. The van der Waals surface area contributed by atoms with Crippen LogP contribution < -0.4 is 4.74 Å². The number of ether oxygens (including phenoxy) is 1. The molecule has 1 aliphatic heterocycles. The minimum atomic E-state index is -0.630. The maximum Gasteiger partial charge on any atom is 0.306 e. The van der Waals surface area contributed by atoms with Gasteiger partial charge in [-0.25, -0.2) is 0 Å². The van der Waals surface area contributed by atoms with Crippen molar-refractivity contribution in [3.05, 3.63) is 82.9 Å². The Balaban J connectivity index is 1.17. The lowest BCUT2D eigenvalue weighted by Gasteiger charge is -2.39. The lowest BCUT2D eigenvalue weighted by atomic mass is 9.85. The largest absolute Gasteiger partial charge is 0.484 e. The van der Waals surface area contributed by atoms with Crippen molar-refractivity contribution in [2.45, 2.75) is 56.9 Å².